The van der Waals surface area contributed by atoms with E-state index in [-0.39, 0.29) is 0 Å². The summed E-state index contributed by atoms with van der Waals surface area (Å²) in [6, 6.07) is 0. The van der Waals surface area contributed by atoms with Crippen LogP contribution in [0, 0.1) is 5.92 Å². The lowest BCUT2D eigenvalue weighted by atomic mass is 10.0. The standard InChI is InChI=1S/C8H15N/c1-3-4-8-5-6-9-7(8)2/h8-9H,2-6H2,1H3. The molecule has 1 aliphatic rings. The van der Waals surface area contributed by atoms with Gasteiger partial charge in [-0.1, -0.05) is 19.9 Å². The van der Waals surface area contributed by atoms with E-state index in [9.17, 15) is 0 Å². The lowest BCUT2D eigenvalue weighted by Crippen LogP contribution is -2.04. The second-order valence-corrected chi connectivity index (χ2v) is 2.73. The van der Waals surface area contributed by atoms with E-state index in [0.717, 1.165) is 12.5 Å². The molecule has 0 aromatic carbocycles. The Hall–Kier alpha value is -0.460. The van der Waals surface area contributed by atoms with Crippen LogP contribution in [0.25, 0.3) is 0 Å². The van der Waals surface area contributed by atoms with E-state index in [1.54, 1.807) is 0 Å². The van der Waals surface area contributed by atoms with Crippen LogP contribution < -0.4 is 5.32 Å². The number of nitrogens with one attached hydrogen (secondary N) is 1. The highest BCUT2D eigenvalue weighted by atomic mass is 14.9. The highest BCUT2D eigenvalue weighted by molar-refractivity contribution is 5.03. The summed E-state index contributed by atoms with van der Waals surface area (Å²) in [4.78, 5) is 0. The Labute approximate surface area is 57.1 Å². The predicted octanol–water partition coefficient (Wildman–Crippen LogP) is 1.91. The first-order chi connectivity index (χ1) is 4.34. The first-order valence-corrected chi connectivity index (χ1v) is 3.77. The van der Waals surface area contributed by atoms with Gasteiger partial charge in [0.15, 0.2) is 0 Å². The van der Waals surface area contributed by atoms with Gasteiger partial charge in [-0.2, -0.15) is 0 Å². The van der Waals surface area contributed by atoms with E-state index < -0.39 is 0 Å². The van der Waals surface area contributed by atoms with Gasteiger partial charge in [-0.3, -0.25) is 0 Å². The van der Waals surface area contributed by atoms with Crippen molar-refractivity contribution in [1.82, 2.24) is 5.32 Å². The summed E-state index contributed by atoms with van der Waals surface area (Å²) in [5, 5.41) is 3.26. The fraction of sp³-hybridized carbons (Fsp3) is 0.750. The van der Waals surface area contributed by atoms with Crippen LogP contribution in [0.4, 0.5) is 0 Å². The zero-order chi connectivity index (χ0) is 6.69. The van der Waals surface area contributed by atoms with Gasteiger partial charge >= 0.3 is 0 Å². The summed E-state index contributed by atoms with van der Waals surface area (Å²) in [6.07, 6.45) is 3.89. The van der Waals surface area contributed by atoms with Crippen molar-refractivity contribution in [2.45, 2.75) is 26.2 Å². The maximum atomic E-state index is 3.94. The Balaban J connectivity index is 2.31. The van der Waals surface area contributed by atoms with E-state index in [1.807, 2.05) is 0 Å². The van der Waals surface area contributed by atoms with Gasteiger partial charge in [-0.15, -0.1) is 0 Å². The second kappa shape index (κ2) is 2.90. The quantitative estimate of drug-likeness (QED) is 0.594. The van der Waals surface area contributed by atoms with Crippen molar-refractivity contribution in [3.8, 4) is 0 Å². The molecule has 0 spiro atoms. The maximum Gasteiger partial charge on any atom is 0.0150 e. The third kappa shape index (κ3) is 1.47. The van der Waals surface area contributed by atoms with Crippen molar-refractivity contribution >= 4 is 0 Å². The summed E-state index contributed by atoms with van der Waals surface area (Å²) < 4.78 is 0. The molecule has 0 saturated carbocycles. The summed E-state index contributed by atoms with van der Waals surface area (Å²) in [5.41, 5.74) is 1.26. The van der Waals surface area contributed by atoms with Crippen molar-refractivity contribution < 1.29 is 0 Å². The number of rotatable bonds is 2. The fourth-order valence-corrected chi connectivity index (χ4v) is 1.39. The molecule has 1 heteroatoms. The van der Waals surface area contributed by atoms with E-state index in [1.165, 1.54) is 25.0 Å². The van der Waals surface area contributed by atoms with Crippen LogP contribution in [0.15, 0.2) is 12.3 Å². The summed E-state index contributed by atoms with van der Waals surface area (Å²) in [7, 11) is 0. The average Bonchev–Trinajstić information content (AvgIpc) is 2.18. The molecule has 0 amide bonds. The second-order valence-electron chi connectivity index (χ2n) is 2.73. The molecular formula is C8H15N. The zero-order valence-corrected chi connectivity index (χ0v) is 6.11. The number of hydrogen-bond donors (Lipinski definition) is 1. The zero-order valence-electron chi connectivity index (χ0n) is 6.11. The summed E-state index contributed by atoms with van der Waals surface area (Å²) in [6.45, 7) is 7.31. The van der Waals surface area contributed by atoms with Crippen LogP contribution in [0.2, 0.25) is 0 Å². The minimum Gasteiger partial charge on any atom is -0.389 e. The van der Waals surface area contributed by atoms with E-state index >= 15 is 0 Å². The SMILES string of the molecule is C=C1NCCC1CCC. The first kappa shape index (κ1) is 6.66. The molecule has 1 saturated heterocycles. The molecule has 52 valence electrons. The molecule has 1 atom stereocenters. The van der Waals surface area contributed by atoms with Crippen molar-refractivity contribution in [2.75, 3.05) is 6.54 Å². The molecule has 1 N–H and O–H groups in total. The van der Waals surface area contributed by atoms with Gasteiger partial charge in [-0.05, 0) is 18.8 Å². The molecule has 1 unspecified atom stereocenters. The van der Waals surface area contributed by atoms with Gasteiger partial charge < -0.3 is 5.32 Å². The summed E-state index contributed by atoms with van der Waals surface area (Å²) in [5.74, 6) is 0.773. The maximum absolute atomic E-state index is 3.94. The molecule has 1 rings (SSSR count). The van der Waals surface area contributed by atoms with Gasteiger partial charge in [0.1, 0.15) is 0 Å². The van der Waals surface area contributed by atoms with Crippen LogP contribution in [-0.4, -0.2) is 6.54 Å². The molecular weight excluding hydrogens is 110 g/mol. The van der Waals surface area contributed by atoms with E-state index in [4.69, 9.17) is 0 Å². The van der Waals surface area contributed by atoms with Crippen molar-refractivity contribution in [3.63, 3.8) is 0 Å². The molecule has 0 aromatic rings. The molecule has 1 heterocycles. The molecule has 0 aromatic heterocycles. The third-order valence-electron chi connectivity index (χ3n) is 1.97. The highest BCUT2D eigenvalue weighted by Crippen LogP contribution is 2.21. The molecule has 0 bridgehead atoms. The molecule has 0 radical (unpaired) electrons. The Morgan fingerprint density at radius 1 is 1.78 bits per heavy atom. The molecule has 1 fully saturated rings. The largest absolute Gasteiger partial charge is 0.389 e. The van der Waals surface area contributed by atoms with Crippen LogP contribution >= 0.6 is 0 Å². The van der Waals surface area contributed by atoms with E-state index in [0.29, 0.717) is 0 Å². The normalized spacial score (nSPS) is 26.3. The fourth-order valence-electron chi connectivity index (χ4n) is 1.39. The Bertz CT molecular complexity index is 107. The van der Waals surface area contributed by atoms with Crippen molar-refractivity contribution in [1.29, 1.82) is 0 Å². The average molecular weight is 125 g/mol. The topological polar surface area (TPSA) is 12.0 Å². The molecule has 0 aliphatic carbocycles. The first-order valence-electron chi connectivity index (χ1n) is 3.77. The molecule has 1 aliphatic heterocycles. The van der Waals surface area contributed by atoms with Crippen LogP contribution in [0.1, 0.15) is 26.2 Å². The van der Waals surface area contributed by atoms with Crippen LogP contribution in [0.3, 0.4) is 0 Å². The van der Waals surface area contributed by atoms with Crippen molar-refractivity contribution in [3.05, 3.63) is 12.3 Å². The van der Waals surface area contributed by atoms with Gasteiger partial charge in [0.2, 0.25) is 0 Å². The minimum absolute atomic E-state index is 0.773. The molecule has 9 heavy (non-hydrogen) atoms. The monoisotopic (exact) mass is 125 g/mol. The minimum atomic E-state index is 0.773. The lowest BCUT2D eigenvalue weighted by molar-refractivity contribution is 0.573. The van der Waals surface area contributed by atoms with Gasteiger partial charge in [-0.25, -0.2) is 0 Å². The highest BCUT2D eigenvalue weighted by Gasteiger charge is 2.16. The summed E-state index contributed by atoms with van der Waals surface area (Å²) >= 11 is 0. The van der Waals surface area contributed by atoms with Crippen LogP contribution in [-0.2, 0) is 0 Å². The predicted molar refractivity (Wildman–Crippen MR) is 40.2 cm³/mol. The Morgan fingerprint density at radius 2 is 2.56 bits per heavy atom. The lowest BCUT2D eigenvalue weighted by Gasteiger charge is -2.06. The molecule has 1 nitrogen and oxygen atoms in total. The Kier molecular flexibility index (Phi) is 2.15. The Morgan fingerprint density at radius 3 is 3.00 bits per heavy atom. The third-order valence-corrected chi connectivity index (χ3v) is 1.97. The number of allylic oxidation sites excluding steroid dienone is 1. The van der Waals surface area contributed by atoms with Crippen LogP contribution in [0.5, 0.6) is 0 Å². The number of hydrogen-bond acceptors (Lipinski definition) is 1. The van der Waals surface area contributed by atoms with Crippen molar-refractivity contribution in [2.24, 2.45) is 5.92 Å². The smallest absolute Gasteiger partial charge is 0.0150 e. The van der Waals surface area contributed by atoms with Gasteiger partial charge in [0, 0.05) is 12.2 Å². The van der Waals surface area contributed by atoms with Gasteiger partial charge in [0.05, 0.1) is 0 Å². The van der Waals surface area contributed by atoms with E-state index in [2.05, 4.69) is 18.8 Å². The van der Waals surface area contributed by atoms with Gasteiger partial charge in [0.25, 0.3) is 0 Å².